The van der Waals surface area contributed by atoms with E-state index in [1.54, 1.807) is 0 Å². The van der Waals surface area contributed by atoms with Crippen LogP contribution in [0.4, 0.5) is 0 Å². The van der Waals surface area contributed by atoms with Gasteiger partial charge < -0.3 is 5.32 Å². The maximum atomic E-state index is 5.98. The van der Waals surface area contributed by atoms with Crippen molar-refractivity contribution in [1.82, 2.24) is 10.3 Å². The van der Waals surface area contributed by atoms with Crippen LogP contribution < -0.4 is 5.32 Å². The first-order chi connectivity index (χ1) is 8.20. The number of halogens is 1. The number of aromatic nitrogens is 1. The minimum Gasteiger partial charge on any atom is -0.312 e. The van der Waals surface area contributed by atoms with E-state index in [0.29, 0.717) is 0 Å². The quantitative estimate of drug-likeness (QED) is 0.894. The molecule has 0 spiro atoms. The molecular formula is C14H15ClN2. The van der Waals surface area contributed by atoms with Gasteiger partial charge in [0.1, 0.15) is 0 Å². The van der Waals surface area contributed by atoms with Gasteiger partial charge in [0.05, 0.1) is 11.4 Å². The summed E-state index contributed by atoms with van der Waals surface area (Å²) in [5, 5.41) is 3.92. The van der Waals surface area contributed by atoms with Crippen LogP contribution >= 0.6 is 11.6 Å². The van der Waals surface area contributed by atoms with Gasteiger partial charge in [0, 0.05) is 16.6 Å². The van der Waals surface area contributed by atoms with Crippen LogP contribution in [0.1, 0.15) is 18.7 Å². The molecule has 1 N–H and O–H groups in total. The molecule has 0 aliphatic heterocycles. The van der Waals surface area contributed by atoms with Crippen LogP contribution in [0.25, 0.3) is 11.3 Å². The third-order valence-corrected chi connectivity index (χ3v) is 3.00. The van der Waals surface area contributed by atoms with Gasteiger partial charge >= 0.3 is 0 Å². The van der Waals surface area contributed by atoms with Crippen molar-refractivity contribution in [3.05, 3.63) is 53.2 Å². The second-order valence-corrected chi connectivity index (χ2v) is 4.40. The maximum absolute atomic E-state index is 5.98. The molecule has 2 nitrogen and oxygen atoms in total. The Kier molecular flexibility index (Phi) is 3.77. The molecule has 2 aromatic rings. The number of rotatable bonds is 3. The van der Waals surface area contributed by atoms with E-state index in [2.05, 4.69) is 17.2 Å². The summed E-state index contributed by atoms with van der Waals surface area (Å²) in [7, 11) is 1.93. The van der Waals surface area contributed by atoms with Gasteiger partial charge in [0.25, 0.3) is 0 Å². The molecule has 0 saturated heterocycles. The summed E-state index contributed by atoms with van der Waals surface area (Å²) in [4.78, 5) is 4.63. The van der Waals surface area contributed by atoms with Crippen molar-refractivity contribution in [3.8, 4) is 11.3 Å². The molecule has 1 aromatic carbocycles. The van der Waals surface area contributed by atoms with E-state index in [0.717, 1.165) is 22.0 Å². The van der Waals surface area contributed by atoms with Crippen molar-refractivity contribution in [1.29, 1.82) is 0 Å². The second kappa shape index (κ2) is 5.30. The zero-order chi connectivity index (χ0) is 12.3. The SMILES string of the molecule is CNC(C)c1cccc(-c2cccc(Cl)c2)n1. The first-order valence-electron chi connectivity index (χ1n) is 5.61. The van der Waals surface area contributed by atoms with Gasteiger partial charge in [0.15, 0.2) is 0 Å². The highest BCUT2D eigenvalue weighted by Gasteiger charge is 2.06. The Morgan fingerprint density at radius 3 is 2.65 bits per heavy atom. The average molecular weight is 247 g/mol. The molecular weight excluding hydrogens is 232 g/mol. The average Bonchev–Trinajstić information content (AvgIpc) is 2.38. The smallest absolute Gasteiger partial charge is 0.0706 e. The van der Waals surface area contributed by atoms with E-state index in [9.17, 15) is 0 Å². The van der Waals surface area contributed by atoms with Crippen LogP contribution in [-0.2, 0) is 0 Å². The normalized spacial score (nSPS) is 12.4. The van der Waals surface area contributed by atoms with E-state index in [-0.39, 0.29) is 6.04 Å². The Hall–Kier alpha value is -1.38. The number of pyridine rings is 1. The third-order valence-electron chi connectivity index (χ3n) is 2.77. The summed E-state index contributed by atoms with van der Waals surface area (Å²) < 4.78 is 0. The van der Waals surface area contributed by atoms with E-state index >= 15 is 0 Å². The third kappa shape index (κ3) is 2.84. The Bertz CT molecular complexity index is 511. The van der Waals surface area contributed by atoms with Crippen LogP contribution in [0.15, 0.2) is 42.5 Å². The Labute approximate surface area is 107 Å². The fraction of sp³-hybridized carbons (Fsp3) is 0.214. The number of nitrogens with one attached hydrogen (secondary N) is 1. The molecule has 0 aliphatic carbocycles. The van der Waals surface area contributed by atoms with E-state index in [4.69, 9.17) is 11.6 Å². The van der Waals surface area contributed by atoms with Gasteiger partial charge in [-0.25, -0.2) is 0 Å². The number of hydrogen-bond acceptors (Lipinski definition) is 2. The predicted molar refractivity (Wildman–Crippen MR) is 72.2 cm³/mol. The molecule has 0 saturated carbocycles. The number of hydrogen-bond donors (Lipinski definition) is 1. The minimum atomic E-state index is 0.245. The fourth-order valence-electron chi connectivity index (χ4n) is 1.65. The molecule has 1 heterocycles. The van der Waals surface area contributed by atoms with Crippen molar-refractivity contribution < 1.29 is 0 Å². The van der Waals surface area contributed by atoms with Gasteiger partial charge in [-0.3, -0.25) is 4.98 Å². The predicted octanol–water partition coefficient (Wildman–Crippen LogP) is 3.68. The standard InChI is InChI=1S/C14H15ClN2/c1-10(16-2)13-7-4-8-14(17-13)11-5-3-6-12(15)9-11/h3-10,16H,1-2H3. The van der Waals surface area contributed by atoms with Crippen molar-refractivity contribution in [2.24, 2.45) is 0 Å². The van der Waals surface area contributed by atoms with Crippen LogP contribution in [0.2, 0.25) is 5.02 Å². The Balaban J connectivity index is 2.39. The molecule has 1 unspecified atom stereocenters. The molecule has 0 radical (unpaired) electrons. The topological polar surface area (TPSA) is 24.9 Å². The van der Waals surface area contributed by atoms with Gasteiger partial charge in [-0.2, -0.15) is 0 Å². The first kappa shape index (κ1) is 12.1. The van der Waals surface area contributed by atoms with Crippen LogP contribution in [0.3, 0.4) is 0 Å². The summed E-state index contributed by atoms with van der Waals surface area (Å²) in [5.74, 6) is 0. The lowest BCUT2D eigenvalue weighted by molar-refractivity contribution is 0.634. The molecule has 88 valence electrons. The maximum Gasteiger partial charge on any atom is 0.0706 e. The van der Waals surface area contributed by atoms with E-state index in [1.807, 2.05) is 49.5 Å². The minimum absolute atomic E-state index is 0.245. The van der Waals surface area contributed by atoms with Crippen molar-refractivity contribution in [2.75, 3.05) is 7.05 Å². The van der Waals surface area contributed by atoms with E-state index < -0.39 is 0 Å². The van der Waals surface area contributed by atoms with Gasteiger partial charge in [-0.05, 0) is 38.2 Å². The Morgan fingerprint density at radius 2 is 1.94 bits per heavy atom. The van der Waals surface area contributed by atoms with Crippen LogP contribution in [-0.4, -0.2) is 12.0 Å². The highest BCUT2D eigenvalue weighted by molar-refractivity contribution is 6.30. The fourth-order valence-corrected chi connectivity index (χ4v) is 1.84. The highest BCUT2D eigenvalue weighted by atomic mass is 35.5. The summed E-state index contributed by atoms with van der Waals surface area (Å²) in [6.45, 7) is 2.09. The monoisotopic (exact) mass is 246 g/mol. The first-order valence-corrected chi connectivity index (χ1v) is 5.98. The van der Waals surface area contributed by atoms with Crippen molar-refractivity contribution in [3.63, 3.8) is 0 Å². The highest BCUT2D eigenvalue weighted by Crippen LogP contribution is 2.22. The molecule has 17 heavy (non-hydrogen) atoms. The van der Waals surface area contributed by atoms with Crippen molar-refractivity contribution >= 4 is 11.6 Å². The molecule has 2 rings (SSSR count). The van der Waals surface area contributed by atoms with E-state index in [1.165, 1.54) is 0 Å². The lowest BCUT2D eigenvalue weighted by atomic mass is 10.1. The van der Waals surface area contributed by atoms with Crippen molar-refractivity contribution in [2.45, 2.75) is 13.0 Å². The molecule has 0 amide bonds. The largest absolute Gasteiger partial charge is 0.312 e. The molecule has 1 aromatic heterocycles. The number of nitrogens with zero attached hydrogens (tertiary/aromatic N) is 1. The molecule has 3 heteroatoms. The zero-order valence-corrected chi connectivity index (χ0v) is 10.7. The van der Waals surface area contributed by atoms with Gasteiger partial charge in [-0.1, -0.05) is 29.8 Å². The zero-order valence-electron chi connectivity index (χ0n) is 9.94. The Morgan fingerprint density at radius 1 is 1.18 bits per heavy atom. The molecule has 0 aliphatic rings. The van der Waals surface area contributed by atoms with Crippen LogP contribution in [0.5, 0.6) is 0 Å². The molecule has 0 bridgehead atoms. The molecule has 0 fully saturated rings. The number of benzene rings is 1. The summed E-state index contributed by atoms with van der Waals surface area (Å²) in [6, 6.07) is 14.0. The lowest BCUT2D eigenvalue weighted by Gasteiger charge is -2.11. The van der Waals surface area contributed by atoms with Gasteiger partial charge in [0.2, 0.25) is 0 Å². The summed E-state index contributed by atoms with van der Waals surface area (Å²) >= 11 is 5.98. The lowest BCUT2D eigenvalue weighted by Crippen LogP contribution is -2.13. The summed E-state index contributed by atoms with van der Waals surface area (Å²) in [5.41, 5.74) is 3.03. The van der Waals surface area contributed by atoms with Gasteiger partial charge in [-0.15, -0.1) is 0 Å². The summed E-state index contributed by atoms with van der Waals surface area (Å²) in [6.07, 6.45) is 0. The second-order valence-electron chi connectivity index (χ2n) is 3.97. The molecule has 1 atom stereocenters. The van der Waals surface area contributed by atoms with Crippen LogP contribution in [0, 0.1) is 0 Å².